The Labute approximate surface area is 106 Å². The van der Waals surface area contributed by atoms with Crippen LogP contribution in [0.25, 0.3) is 11.0 Å². The fraction of sp³-hybridized carbons (Fsp3) is 0.143. The molecule has 0 unspecified atom stereocenters. The van der Waals surface area contributed by atoms with E-state index in [1.807, 2.05) is 0 Å². The van der Waals surface area contributed by atoms with E-state index in [1.54, 1.807) is 0 Å². The first kappa shape index (κ1) is 13.1. The van der Waals surface area contributed by atoms with Gasteiger partial charge in [-0.15, -0.1) is 0 Å². The average molecular weight is 337 g/mol. The number of fused-ring (bicyclic) bond motifs is 1. The van der Waals surface area contributed by atoms with Gasteiger partial charge in [0.1, 0.15) is 16.8 Å². The molecular formula is C7H7AgN3O4S+. The number of nitrogens with zero attached hydrogens (tertiary/aromatic N) is 2. The molecule has 1 heterocycles. The zero-order chi connectivity index (χ0) is 11.1. The van der Waals surface area contributed by atoms with Gasteiger partial charge in [-0.2, -0.15) is 23.8 Å². The number of hydrogen-bond donors (Lipinski definition) is 2. The van der Waals surface area contributed by atoms with E-state index in [0.717, 1.165) is 0 Å². The van der Waals surface area contributed by atoms with E-state index in [2.05, 4.69) is 15.4 Å². The Morgan fingerprint density at radius 2 is 2.06 bits per heavy atom. The quantitative estimate of drug-likeness (QED) is 0.600. The smallest absolute Gasteiger partial charge is 0.495 e. The number of aromatic nitrogens is 3. The molecule has 90 valence electrons. The first-order chi connectivity index (χ1) is 7.04. The first-order valence-electron chi connectivity index (χ1n) is 3.89. The second-order valence-electron chi connectivity index (χ2n) is 2.76. The van der Waals surface area contributed by atoms with Crippen molar-refractivity contribution in [3.8, 4) is 5.75 Å². The summed E-state index contributed by atoms with van der Waals surface area (Å²) in [7, 11) is -3.09. The van der Waals surface area contributed by atoms with E-state index >= 15 is 0 Å². The van der Waals surface area contributed by atoms with Crippen molar-refractivity contribution in [3.05, 3.63) is 12.1 Å². The molecule has 0 radical (unpaired) electrons. The Bertz CT molecular complexity index is 609. The first-order valence-corrected chi connectivity index (χ1v) is 5.33. The molecule has 1 aromatic heterocycles. The summed E-state index contributed by atoms with van der Waals surface area (Å²) in [6.07, 6.45) is 0. The molecule has 0 spiro atoms. The Hall–Kier alpha value is -0.930. The van der Waals surface area contributed by atoms with Crippen molar-refractivity contribution in [2.75, 3.05) is 7.11 Å². The molecule has 2 rings (SSSR count). The monoisotopic (exact) mass is 336 g/mol. The molecule has 0 saturated carbocycles. The van der Waals surface area contributed by atoms with Crippen LogP contribution in [0, 0.1) is 0 Å². The van der Waals surface area contributed by atoms with Crippen LogP contribution in [0.4, 0.5) is 0 Å². The van der Waals surface area contributed by atoms with Gasteiger partial charge >= 0.3 is 32.5 Å². The Balaban J connectivity index is 0.00000128. The van der Waals surface area contributed by atoms with Crippen LogP contribution in [0.2, 0.25) is 0 Å². The molecule has 0 fully saturated rings. The number of hydrogen-bond acceptors (Lipinski definition) is 5. The summed E-state index contributed by atoms with van der Waals surface area (Å²) in [5.41, 5.74) is 0.389. The summed E-state index contributed by atoms with van der Waals surface area (Å²) in [6, 6.07) is 2.93. The minimum Gasteiger partial charge on any atom is -0.495 e. The fourth-order valence-corrected chi connectivity index (χ4v) is 2.08. The fourth-order valence-electron chi connectivity index (χ4n) is 1.28. The van der Waals surface area contributed by atoms with E-state index in [-0.39, 0.29) is 38.5 Å². The predicted molar refractivity (Wildman–Crippen MR) is 50.3 cm³/mol. The van der Waals surface area contributed by atoms with Gasteiger partial charge in [-0.05, 0) is 12.1 Å². The van der Waals surface area contributed by atoms with E-state index < -0.39 is 10.1 Å². The van der Waals surface area contributed by atoms with Gasteiger partial charge in [0, 0.05) is 0 Å². The van der Waals surface area contributed by atoms with Crippen molar-refractivity contribution in [2.45, 2.75) is 4.90 Å². The van der Waals surface area contributed by atoms with Gasteiger partial charge < -0.3 is 4.74 Å². The summed E-state index contributed by atoms with van der Waals surface area (Å²) < 4.78 is 36.1. The number of ether oxygens (including phenoxy) is 1. The third kappa shape index (κ3) is 2.11. The van der Waals surface area contributed by atoms with Gasteiger partial charge in [0.15, 0.2) is 4.90 Å². The third-order valence-electron chi connectivity index (χ3n) is 1.88. The second kappa shape index (κ2) is 4.52. The van der Waals surface area contributed by atoms with Crippen LogP contribution in [-0.4, -0.2) is 35.5 Å². The van der Waals surface area contributed by atoms with Crippen molar-refractivity contribution in [1.29, 1.82) is 0 Å². The summed E-state index contributed by atoms with van der Waals surface area (Å²) in [5, 5.41) is 9.61. The molecule has 0 aliphatic rings. The van der Waals surface area contributed by atoms with E-state index in [0.29, 0.717) is 5.52 Å². The van der Waals surface area contributed by atoms with Crippen LogP contribution >= 0.6 is 0 Å². The number of benzene rings is 1. The maximum absolute atomic E-state index is 11.1. The van der Waals surface area contributed by atoms with E-state index in [4.69, 9.17) is 9.29 Å². The number of methoxy groups -OCH3 is 1. The minimum atomic E-state index is -4.39. The summed E-state index contributed by atoms with van der Waals surface area (Å²) in [6.45, 7) is 0. The molecule has 0 saturated heterocycles. The van der Waals surface area contributed by atoms with Gasteiger partial charge in [0.2, 0.25) is 0 Å². The van der Waals surface area contributed by atoms with Crippen molar-refractivity contribution < 1.29 is 40.1 Å². The maximum Gasteiger partial charge on any atom is 1.00 e. The predicted octanol–water partition coefficient (Wildman–Crippen LogP) is 0.211. The standard InChI is InChI=1S/C7H7N3O4S.Ag/c1-14-5-3-2-4-6(9-10-8-4)7(5)15(11,12)13;/h2-3H,1H3,(H,8,9,10)(H,11,12,13);/q;+1. The average Bonchev–Trinajstić information content (AvgIpc) is 2.61. The van der Waals surface area contributed by atoms with Crippen molar-refractivity contribution in [2.24, 2.45) is 0 Å². The molecule has 16 heavy (non-hydrogen) atoms. The van der Waals surface area contributed by atoms with Crippen LogP contribution in [0.15, 0.2) is 17.0 Å². The van der Waals surface area contributed by atoms with E-state index in [9.17, 15) is 8.42 Å². The van der Waals surface area contributed by atoms with Crippen LogP contribution in [0.3, 0.4) is 0 Å². The summed E-state index contributed by atoms with van der Waals surface area (Å²) in [4.78, 5) is -0.378. The minimum absolute atomic E-state index is 0. The number of nitrogens with one attached hydrogen (secondary N) is 1. The molecule has 9 heteroatoms. The Morgan fingerprint density at radius 1 is 1.38 bits per heavy atom. The largest absolute Gasteiger partial charge is 1.00 e. The SMILES string of the molecule is COc1ccc2n[nH]nc2c1S(=O)(=O)O.[Ag+]. The normalized spacial score (nSPS) is 11.1. The molecule has 0 aliphatic heterocycles. The molecule has 7 nitrogen and oxygen atoms in total. The Kier molecular flexibility index (Phi) is 3.71. The van der Waals surface area contributed by atoms with Crippen molar-refractivity contribution in [3.63, 3.8) is 0 Å². The van der Waals surface area contributed by atoms with Crippen LogP contribution < -0.4 is 4.74 Å². The molecule has 2 aromatic rings. The van der Waals surface area contributed by atoms with Gasteiger partial charge in [0.05, 0.1) is 7.11 Å². The second-order valence-corrected chi connectivity index (χ2v) is 4.12. The number of rotatable bonds is 2. The molecule has 0 bridgehead atoms. The molecule has 0 atom stereocenters. The molecule has 1 aromatic carbocycles. The molecule has 0 amide bonds. The molecule has 0 aliphatic carbocycles. The van der Waals surface area contributed by atoms with Crippen LogP contribution in [0.5, 0.6) is 5.75 Å². The molecule has 2 N–H and O–H groups in total. The third-order valence-corrected chi connectivity index (χ3v) is 2.79. The van der Waals surface area contributed by atoms with Gasteiger partial charge in [0.25, 0.3) is 0 Å². The maximum atomic E-state index is 11.1. The topological polar surface area (TPSA) is 105 Å². The zero-order valence-electron chi connectivity index (χ0n) is 7.93. The van der Waals surface area contributed by atoms with E-state index in [1.165, 1.54) is 19.2 Å². The number of H-pyrrole nitrogens is 1. The zero-order valence-corrected chi connectivity index (χ0v) is 10.2. The van der Waals surface area contributed by atoms with Gasteiger partial charge in [-0.3, -0.25) is 4.55 Å². The Morgan fingerprint density at radius 3 is 2.62 bits per heavy atom. The van der Waals surface area contributed by atoms with Gasteiger partial charge in [-0.25, -0.2) is 0 Å². The van der Waals surface area contributed by atoms with Crippen LogP contribution in [-0.2, 0) is 32.5 Å². The van der Waals surface area contributed by atoms with Crippen molar-refractivity contribution in [1.82, 2.24) is 15.4 Å². The van der Waals surface area contributed by atoms with Gasteiger partial charge in [-0.1, -0.05) is 0 Å². The van der Waals surface area contributed by atoms with Crippen molar-refractivity contribution >= 4 is 21.2 Å². The number of aromatic amines is 1. The molecular weight excluding hydrogens is 330 g/mol. The van der Waals surface area contributed by atoms with Crippen LogP contribution in [0.1, 0.15) is 0 Å². The summed E-state index contributed by atoms with van der Waals surface area (Å²) >= 11 is 0. The summed E-state index contributed by atoms with van der Waals surface area (Å²) in [5.74, 6) is 0.0268.